The highest BCUT2D eigenvalue weighted by molar-refractivity contribution is 7.12. The van der Waals surface area contributed by atoms with Crippen molar-refractivity contribution in [1.82, 2.24) is 14.8 Å². The van der Waals surface area contributed by atoms with E-state index in [0.29, 0.717) is 0 Å². The lowest BCUT2D eigenvalue weighted by molar-refractivity contribution is 0.826. The lowest BCUT2D eigenvalue weighted by atomic mass is 10.1. The molecule has 0 bridgehead atoms. The maximum atomic E-state index is 4.67. The van der Waals surface area contributed by atoms with Gasteiger partial charge in [-0.05, 0) is 26.8 Å². The van der Waals surface area contributed by atoms with E-state index in [4.69, 9.17) is 0 Å². The molecule has 3 aromatic rings. The summed E-state index contributed by atoms with van der Waals surface area (Å²) in [6, 6.07) is 10.5. The average Bonchev–Trinajstić information content (AvgIpc) is 2.97. The Morgan fingerprint density at radius 2 is 1.79 bits per heavy atom. The molecule has 0 radical (unpaired) electrons. The first-order valence-corrected chi connectivity index (χ1v) is 7.07. The van der Waals surface area contributed by atoms with Gasteiger partial charge in [-0.25, -0.2) is 9.67 Å². The minimum absolute atomic E-state index is 0.918. The summed E-state index contributed by atoms with van der Waals surface area (Å²) in [5.74, 6) is 0. The van der Waals surface area contributed by atoms with E-state index in [2.05, 4.69) is 52.7 Å². The van der Waals surface area contributed by atoms with Crippen LogP contribution in [0.1, 0.15) is 17.0 Å². The van der Waals surface area contributed by atoms with Crippen LogP contribution < -0.4 is 0 Å². The summed E-state index contributed by atoms with van der Waals surface area (Å²) in [5, 5.41) is 7.46. The zero-order chi connectivity index (χ0) is 13.4. The number of hydrogen-bond donors (Lipinski definition) is 0. The molecule has 0 fully saturated rings. The van der Waals surface area contributed by atoms with E-state index < -0.39 is 0 Å². The van der Waals surface area contributed by atoms with E-state index in [1.165, 1.54) is 5.56 Å². The molecule has 0 N–H and O–H groups in total. The standard InChI is InChI=1S/C15H15N3S/c1-10-4-6-13(7-5-10)14-9-19-15(16-14)18-12(3)8-11(2)17-18/h4-9H,1-3H3. The minimum Gasteiger partial charge on any atom is -0.218 e. The zero-order valence-electron chi connectivity index (χ0n) is 11.2. The van der Waals surface area contributed by atoms with E-state index in [1.807, 2.05) is 18.5 Å². The van der Waals surface area contributed by atoms with E-state index in [1.54, 1.807) is 11.3 Å². The molecule has 0 amide bonds. The summed E-state index contributed by atoms with van der Waals surface area (Å²) in [6.07, 6.45) is 0. The SMILES string of the molecule is Cc1ccc(-c2csc(-n3nc(C)cc3C)n2)cc1. The van der Waals surface area contributed by atoms with Crippen LogP contribution >= 0.6 is 11.3 Å². The lowest BCUT2D eigenvalue weighted by Gasteiger charge is -1.99. The molecular formula is C15H15N3S. The zero-order valence-corrected chi connectivity index (χ0v) is 12.0. The number of hydrogen-bond acceptors (Lipinski definition) is 3. The van der Waals surface area contributed by atoms with Gasteiger partial charge in [0, 0.05) is 16.6 Å². The summed E-state index contributed by atoms with van der Waals surface area (Å²) in [4.78, 5) is 4.67. The maximum Gasteiger partial charge on any atom is 0.211 e. The minimum atomic E-state index is 0.918. The van der Waals surface area contributed by atoms with Gasteiger partial charge in [-0.3, -0.25) is 0 Å². The molecule has 4 heteroatoms. The van der Waals surface area contributed by atoms with Crippen LogP contribution in [0.3, 0.4) is 0 Å². The number of nitrogens with zero attached hydrogens (tertiary/aromatic N) is 3. The first-order valence-electron chi connectivity index (χ1n) is 6.20. The van der Waals surface area contributed by atoms with Crippen LogP contribution in [0.15, 0.2) is 35.7 Å². The fraction of sp³-hybridized carbons (Fsp3) is 0.200. The number of aromatic nitrogens is 3. The Morgan fingerprint density at radius 1 is 1.05 bits per heavy atom. The molecule has 0 aliphatic carbocycles. The van der Waals surface area contributed by atoms with Crippen LogP contribution in [0.2, 0.25) is 0 Å². The highest BCUT2D eigenvalue weighted by atomic mass is 32.1. The van der Waals surface area contributed by atoms with Gasteiger partial charge in [0.05, 0.1) is 11.4 Å². The van der Waals surface area contributed by atoms with E-state index in [0.717, 1.165) is 27.8 Å². The molecular weight excluding hydrogens is 254 g/mol. The van der Waals surface area contributed by atoms with Gasteiger partial charge in [0.2, 0.25) is 5.13 Å². The monoisotopic (exact) mass is 269 g/mol. The smallest absolute Gasteiger partial charge is 0.211 e. The van der Waals surface area contributed by atoms with Gasteiger partial charge in [0.1, 0.15) is 0 Å². The molecule has 0 atom stereocenters. The predicted molar refractivity (Wildman–Crippen MR) is 78.9 cm³/mol. The van der Waals surface area contributed by atoms with Crippen molar-refractivity contribution in [2.45, 2.75) is 20.8 Å². The highest BCUT2D eigenvalue weighted by Gasteiger charge is 2.09. The maximum absolute atomic E-state index is 4.67. The molecule has 96 valence electrons. The van der Waals surface area contributed by atoms with Crippen LogP contribution in [0, 0.1) is 20.8 Å². The quantitative estimate of drug-likeness (QED) is 0.706. The Labute approximate surface area is 116 Å². The highest BCUT2D eigenvalue weighted by Crippen LogP contribution is 2.25. The molecule has 0 aliphatic heterocycles. The molecule has 0 saturated heterocycles. The average molecular weight is 269 g/mol. The molecule has 0 unspecified atom stereocenters. The third kappa shape index (κ3) is 2.31. The van der Waals surface area contributed by atoms with Gasteiger partial charge < -0.3 is 0 Å². The summed E-state index contributed by atoms with van der Waals surface area (Å²) in [5.41, 5.74) is 5.55. The van der Waals surface area contributed by atoms with Crippen molar-refractivity contribution in [3.05, 3.63) is 52.7 Å². The van der Waals surface area contributed by atoms with Gasteiger partial charge in [0.15, 0.2) is 0 Å². The number of aryl methyl sites for hydroxylation is 3. The summed E-state index contributed by atoms with van der Waals surface area (Å²) in [7, 11) is 0. The van der Waals surface area contributed by atoms with E-state index in [-0.39, 0.29) is 0 Å². The normalized spacial score (nSPS) is 10.9. The molecule has 1 aromatic carbocycles. The van der Waals surface area contributed by atoms with Crippen LogP contribution in [-0.2, 0) is 0 Å². The Morgan fingerprint density at radius 3 is 2.42 bits per heavy atom. The molecule has 19 heavy (non-hydrogen) atoms. The van der Waals surface area contributed by atoms with Crippen LogP contribution in [0.25, 0.3) is 16.4 Å². The lowest BCUT2D eigenvalue weighted by Crippen LogP contribution is -1.98. The summed E-state index contributed by atoms with van der Waals surface area (Å²) in [6.45, 7) is 6.14. The Hall–Kier alpha value is -1.94. The molecule has 2 aromatic heterocycles. The Bertz CT molecular complexity index is 707. The van der Waals surface area contributed by atoms with E-state index >= 15 is 0 Å². The van der Waals surface area contributed by atoms with Crippen molar-refractivity contribution in [3.8, 4) is 16.4 Å². The van der Waals surface area contributed by atoms with Gasteiger partial charge in [-0.15, -0.1) is 11.3 Å². The second kappa shape index (κ2) is 4.63. The number of thiazole rings is 1. The second-order valence-electron chi connectivity index (χ2n) is 4.72. The summed E-state index contributed by atoms with van der Waals surface area (Å²) >= 11 is 1.62. The predicted octanol–water partition coefficient (Wildman–Crippen LogP) is 3.92. The van der Waals surface area contributed by atoms with Crippen molar-refractivity contribution < 1.29 is 0 Å². The van der Waals surface area contributed by atoms with Gasteiger partial charge in [0.25, 0.3) is 0 Å². The second-order valence-corrected chi connectivity index (χ2v) is 5.56. The Kier molecular flexibility index (Phi) is 2.95. The van der Waals surface area contributed by atoms with Crippen LogP contribution in [-0.4, -0.2) is 14.8 Å². The fourth-order valence-corrected chi connectivity index (χ4v) is 2.88. The molecule has 3 nitrogen and oxygen atoms in total. The molecule has 3 rings (SSSR count). The third-order valence-electron chi connectivity index (χ3n) is 3.03. The Balaban J connectivity index is 1.99. The third-order valence-corrected chi connectivity index (χ3v) is 3.85. The van der Waals surface area contributed by atoms with Crippen LogP contribution in [0.4, 0.5) is 0 Å². The van der Waals surface area contributed by atoms with Gasteiger partial charge >= 0.3 is 0 Å². The van der Waals surface area contributed by atoms with Crippen molar-refractivity contribution in [2.75, 3.05) is 0 Å². The molecule has 0 aliphatic rings. The first kappa shape index (κ1) is 12.1. The fourth-order valence-electron chi connectivity index (χ4n) is 2.04. The van der Waals surface area contributed by atoms with Crippen LogP contribution in [0.5, 0.6) is 0 Å². The molecule has 0 saturated carbocycles. The molecule has 2 heterocycles. The van der Waals surface area contributed by atoms with Crippen molar-refractivity contribution >= 4 is 11.3 Å². The number of benzene rings is 1. The summed E-state index contributed by atoms with van der Waals surface area (Å²) < 4.78 is 1.90. The van der Waals surface area contributed by atoms with Gasteiger partial charge in [-0.1, -0.05) is 29.8 Å². The topological polar surface area (TPSA) is 30.7 Å². The van der Waals surface area contributed by atoms with E-state index in [9.17, 15) is 0 Å². The molecule has 0 spiro atoms. The van der Waals surface area contributed by atoms with Crippen molar-refractivity contribution in [2.24, 2.45) is 0 Å². The largest absolute Gasteiger partial charge is 0.218 e. The first-order chi connectivity index (χ1) is 9.13. The number of rotatable bonds is 2. The van der Waals surface area contributed by atoms with Gasteiger partial charge in [-0.2, -0.15) is 5.10 Å². The van der Waals surface area contributed by atoms with Crippen molar-refractivity contribution in [3.63, 3.8) is 0 Å². The van der Waals surface area contributed by atoms with Crippen molar-refractivity contribution in [1.29, 1.82) is 0 Å².